The molecule has 2 fully saturated rings. The van der Waals surface area contributed by atoms with Gasteiger partial charge in [-0.2, -0.15) is 0 Å². The van der Waals surface area contributed by atoms with Crippen molar-refractivity contribution in [2.45, 2.75) is 38.6 Å². The summed E-state index contributed by atoms with van der Waals surface area (Å²) < 4.78 is 0.477. The molecule has 2 aromatic rings. The minimum Gasteiger partial charge on any atom is -0.387 e. The molecule has 0 bridgehead atoms. The number of pyridine rings is 1. The van der Waals surface area contributed by atoms with E-state index in [2.05, 4.69) is 38.5 Å². The highest BCUT2D eigenvalue weighted by Crippen LogP contribution is 2.35. The number of benzene rings is 1. The minimum atomic E-state index is -0.469. The molecule has 2 N–H and O–H groups in total. The second kappa shape index (κ2) is 11.2. The summed E-state index contributed by atoms with van der Waals surface area (Å²) in [5.41, 5.74) is 1.55. The molecular formula is C25H31BrN6O4. The Morgan fingerprint density at radius 3 is 2.50 bits per heavy atom. The average Bonchev–Trinajstić information content (AvgIpc) is 2.88. The van der Waals surface area contributed by atoms with Gasteiger partial charge in [0.25, 0.3) is 17.5 Å². The van der Waals surface area contributed by atoms with E-state index in [1.54, 1.807) is 35.2 Å². The van der Waals surface area contributed by atoms with Gasteiger partial charge in [-0.05, 0) is 43.7 Å². The molecule has 0 radical (unpaired) electrons. The zero-order chi connectivity index (χ0) is 25.8. The van der Waals surface area contributed by atoms with E-state index >= 15 is 0 Å². The summed E-state index contributed by atoms with van der Waals surface area (Å²) in [7, 11) is 1.76. The fourth-order valence-electron chi connectivity index (χ4n) is 4.96. The van der Waals surface area contributed by atoms with Gasteiger partial charge in [0.15, 0.2) is 0 Å². The number of nitrogens with one attached hydrogen (secondary N) is 2. The molecule has 4 rings (SSSR count). The first-order chi connectivity index (χ1) is 17.3. The Morgan fingerprint density at radius 1 is 1.08 bits per heavy atom. The van der Waals surface area contributed by atoms with Crippen LogP contribution >= 0.6 is 15.9 Å². The van der Waals surface area contributed by atoms with Crippen molar-refractivity contribution in [1.82, 2.24) is 14.8 Å². The summed E-state index contributed by atoms with van der Waals surface area (Å²) in [6, 6.07) is 4.58. The lowest BCUT2D eigenvalue weighted by molar-refractivity contribution is -0.384. The molecule has 2 aliphatic rings. The van der Waals surface area contributed by atoms with Gasteiger partial charge < -0.3 is 20.4 Å². The number of hydrogen-bond donors (Lipinski definition) is 2. The molecule has 0 spiro atoms. The first kappa shape index (κ1) is 25.9. The predicted molar refractivity (Wildman–Crippen MR) is 141 cm³/mol. The van der Waals surface area contributed by atoms with Crippen molar-refractivity contribution in [3.8, 4) is 0 Å². The van der Waals surface area contributed by atoms with Crippen LogP contribution in [0.15, 0.2) is 35.1 Å². The highest BCUT2D eigenvalue weighted by atomic mass is 79.9. The summed E-state index contributed by atoms with van der Waals surface area (Å²) in [6.07, 6.45) is 6.61. The van der Waals surface area contributed by atoms with Crippen LogP contribution in [0.1, 0.15) is 53.3 Å². The van der Waals surface area contributed by atoms with E-state index in [1.165, 1.54) is 12.3 Å². The van der Waals surface area contributed by atoms with Crippen LogP contribution in [0, 0.1) is 16.0 Å². The Labute approximate surface area is 218 Å². The summed E-state index contributed by atoms with van der Waals surface area (Å²) in [4.78, 5) is 45.8. The minimum absolute atomic E-state index is 0.144. The molecule has 3 heterocycles. The van der Waals surface area contributed by atoms with Gasteiger partial charge in [-0.3, -0.25) is 24.7 Å². The van der Waals surface area contributed by atoms with Crippen LogP contribution < -0.4 is 10.6 Å². The zero-order valence-corrected chi connectivity index (χ0v) is 22.1. The molecule has 1 aromatic carbocycles. The molecule has 2 saturated heterocycles. The Bertz CT molecular complexity index is 1160. The zero-order valence-electron chi connectivity index (χ0n) is 20.5. The summed E-state index contributed by atoms with van der Waals surface area (Å²) in [6.45, 7) is 4.32. The molecule has 192 valence electrons. The van der Waals surface area contributed by atoms with Gasteiger partial charge in [-0.25, -0.2) is 0 Å². The van der Waals surface area contributed by atoms with Gasteiger partial charge in [-0.15, -0.1) is 0 Å². The smallest absolute Gasteiger partial charge is 0.294 e. The van der Waals surface area contributed by atoms with Gasteiger partial charge >= 0.3 is 0 Å². The number of nitrogens with zero attached hydrogens (tertiary/aromatic N) is 4. The molecule has 10 nitrogen and oxygen atoms in total. The quantitative estimate of drug-likeness (QED) is 0.398. The van der Waals surface area contributed by atoms with E-state index in [-0.39, 0.29) is 34.8 Å². The van der Waals surface area contributed by atoms with E-state index < -0.39 is 4.92 Å². The maximum atomic E-state index is 13.5. The number of carbonyl (C=O) groups excluding carboxylic acids is 2. The number of hydrogen-bond acceptors (Lipinski definition) is 7. The largest absolute Gasteiger partial charge is 0.387 e. The first-order valence-corrected chi connectivity index (χ1v) is 13.0. The highest BCUT2D eigenvalue weighted by Gasteiger charge is 2.32. The lowest BCUT2D eigenvalue weighted by Crippen LogP contribution is -2.45. The van der Waals surface area contributed by atoms with Crippen LogP contribution in [-0.4, -0.2) is 70.8 Å². The molecule has 11 heteroatoms. The van der Waals surface area contributed by atoms with E-state index in [9.17, 15) is 19.7 Å². The predicted octanol–water partition coefficient (Wildman–Crippen LogP) is 4.38. The molecule has 1 aromatic heterocycles. The normalized spacial score (nSPS) is 20.1. The summed E-state index contributed by atoms with van der Waals surface area (Å²) in [5.74, 6) is 0.0252. The van der Waals surface area contributed by atoms with Crippen molar-refractivity contribution in [3.05, 3.63) is 56.3 Å². The maximum Gasteiger partial charge on any atom is 0.294 e. The van der Waals surface area contributed by atoms with Crippen molar-refractivity contribution in [1.29, 1.82) is 0 Å². The fraction of sp³-hybridized carbons (Fsp3) is 0.480. The lowest BCUT2D eigenvalue weighted by Gasteiger charge is -2.35. The van der Waals surface area contributed by atoms with Crippen LogP contribution in [-0.2, 0) is 0 Å². The number of carbonyl (C=O) groups is 2. The number of rotatable bonds is 6. The van der Waals surface area contributed by atoms with Crippen LogP contribution in [0.5, 0.6) is 0 Å². The Morgan fingerprint density at radius 2 is 1.81 bits per heavy atom. The van der Waals surface area contributed by atoms with E-state index in [0.29, 0.717) is 42.1 Å². The van der Waals surface area contributed by atoms with Crippen molar-refractivity contribution in [3.63, 3.8) is 0 Å². The van der Waals surface area contributed by atoms with Crippen LogP contribution in [0.2, 0.25) is 0 Å². The van der Waals surface area contributed by atoms with E-state index in [4.69, 9.17) is 0 Å². The fourth-order valence-corrected chi connectivity index (χ4v) is 5.41. The van der Waals surface area contributed by atoms with Crippen molar-refractivity contribution in [2.75, 3.05) is 43.9 Å². The van der Waals surface area contributed by atoms with Crippen molar-refractivity contribution >= 4 is 44.8 Å². The number of halogens is 1. The number of aromatic nitrogens is 1. The van der Waals surface area contributed by atoms with E-state index in [0.717, 1.165) is 31.4 Å². The third-order valence-electron chi connectivity index (χ3n) is 6.78. The third-order valence-corrected chi connectivity index (χ3v) is 7.24. The van der Waals surface area contributed by atoms with Crippen LogP contribution in [0.25, 0.3) is 0 Å². The van der Waals surface area contributed by atoms with Crippen LogP contribution in [0.3, 0.4) is 0 Å². The standard InChI is InChI=1S/C25H31BrN6O4/c1-16-5-3-7-30(14-16)25(34)21-10-18(26)11-22(32(35)36)23(21)29-19-6-4-8-31(15-19)24(33)17-9-20(27-2)13-28-12-17/h9-13,16,19,27,29H,3-8,14-15H2,1-2H3/t16-,19-/m1/s1. The Hall–Kier alpha value is -3.21. The number of anilines is 2. The summed E-state index contributed by atoms with van der Waals surface area (Å²) >= 11 is 3.34. The van der Waals surface area contributed by atoms with Crippen LogP contribution in [0.4, 0.5) is 17.1 Å². The third kappa shape index (κ3) is 5.77. The average molecular weight is 559 g/mol. The van der Waals surface area contributed by atoms with Gasteiger partial charge in [0.2, 0.25) is 0 Å². The van der Waals surface area contributed by atoms with Crippen molar-refractivity contribution in [2.24, 2.45) is 5.92 Å². The number of likely N-dealkylation sites (tertiary alicyclic amines) is 2. The van der Waals surface area contributed by atoms with Gasteiger partial charge in [-0.1, -0.05) is 22.9 Å². The van der Waals surface area contributed by atoms with Gasteiger partial charge in [0, 0.05) is 62.2 Å². The SMILES string of the molecule is CNc1cncc(C(=O)N2CCC[C@@H](Nc3c(C(=O)N4CCC[C@@H](C)C4)cc(Br)cc3[N+](=O)[O-])C2)c1. The summed E-state index contributed by atoms with van der Waals surface area (Å²) in [5, 5.41) is 18.2. The lowest BCUT2D eigenvalue weighted by atomic mass is 9.98. The Balaban J connectivity index is 1.59. The molecule has 36 heavy (non-hydrogen) atoms. The maximum absolute atomic E-state index is 13.5. The van der Waals surface area contributed by atoms with E-state index in [1.807, 2.05) is 0 Å². The topological polar surface area (TPSA) is 121 Å². The molecular weight excluding hydrogens is 528 g/mol. The van der Waals surface area contributed by atoms with Crippen molar-refractivity contribution < 1.29 is 14.5 Å². The number of nitro benzene ring substituents is 1. The molecule has 0 aliphatic carbocycles. The van der Waals surface area contributed by atoms with Gasteiger partial charge in [0.05, 0.1) is 21.7 Å². The monoisotopic (exact) mass is 558 g/mol. The Kier molecular flexibility index (Phi) is 8.07. The number of nitro groups is 1. The molecule has 0 unspecified atom stereocenters. The molecule has 0 saturated carbocycles. The second-order valence-corrected chi connectivity index (χ2v) is 10.5. The molecule has 2 aliphatic heterocycles. The molecule has 2 amide bonds. The number of piperidine rings is 2. The highest BCUT2D eigenvalue weighted by molar-refractivity contribution is 9.10. The second-order valence-electron chi connectivity index (χ2n) is 9.55. The first-order valence-electron chi connectivity index (χ1n) is 12.2. The molecule has 2 atom stereocenters. The van der Waals surface area contributed by atoms with Gasteiger partial charge in [0.1, 0.15) is 5.69 Å². The number of amides is 2.